The van der Waals surface area contributed by atoms with E-state index in [1.54, 1.807) is 68.8 Å². The molecule has 0 bridgehead atoms. The van der Waals surface area contributed by atoms with Crippen LogP contribution in [0.15, 0.2) is 92.0 Å². The summed E-state index contributed by atoms with van der Waals surface area (Å²) in [4.78, 5) is 41.6. The number of hydrogen-bond acceptors (Lipinski definition) is 10. The predicted molar refractivity (Wildman–Crippen MR) is 205 cm³/mol. The number of carbonyl (C=O) groups is 4. The van der Waals surface area contributed by atoms with E-state index in [2.05, 4.69) is 17.9 Å². The van der Waals surface area contributed by atoms with E-state index in [0.29, 0.717) is 44.0 Å². The molecule has 0 aromatic heterocycles. The van der Waals surface area contributed by atoms with Crippen LogP contribution in [0.1, 0.15) is 84.6 Å². The van der Waals surface area contributed by atoms with Crippen molar-refractivity contribution in [3.05, 3.63) is 109 Å². The number of unbranched alkanes of at least 4 members (excludes halogenated alkanes) is 6. The molecule has 10 nitrogen and oxygen atoms in total. The first kappa shape index (κ1) is 46.6. The molecule has 0 amide bonds. The number of benzene rings is 3. The molecule has 52 heavy (non-hydrogen) atoms. The lowest BCUT2D eigenvalue weighted by molar-refractivity contribution is -0.137. The van der Waals surface area contributed by atoms with E-state index in [1.807, 2.05) is 32.0 Å². The lowest BCUT2D eigenvalue weighted by Gasteiger charge is -2.06. The number of carbonyl (C=O) groups excluding carboxylic acids is 4. The number of allylic oxidation sites excluding steroid dienone is 1. The Morgan fingerprint density at radius 2 is 1.06 bits per heavy atom. The quantitative estimate of drug-likeness (QED) is 0.0327. The van der Waals surface area contributed by atoms with Crippen LogP contribution in [0.25, 0.3) is 0 Å². The molecule has 3 rings (SSSR count). The van der Waals surface area contributed by atoms with Gasteiger partial charge in [0, 0.05) is 17.2 Å². The van der Waals surface area contributed by atoms with Crippen molar-refractivity contribution < 1.29 is 47.6 Å². The zero-order chi connectivity index (χ0) is 38.7. The summed E-state index contributed by atoms with van der Waals surface area (Å²) in [6.07, 6.45) is 12.3. The lowest BCUT2D eigenvalue weighted by Crippen LogP contribution is -2.02. The molecule has 0 spiro atoms. The van der Waals surface area contributed by atoms with E-state index in [1.165, 1.54) is 6.08 Å². The molecule has 0 heterocycles. The molecule has 0 radical (unpaired) electrons. The Labute approximate surface area is 309 Å². The van der Waals surface area contributed by atoms with Crippen LogP contribution in [-0.4, -0.2) is 65.7 Å². The van der Waals surface area contributed by atoms with E-state index in [9.17, 15) is 19.2 Å². The minimum Gasteiger partial charge on any atom is -0.497 e. The van der Waals surface area contributed by atoms with Gasteiger partial charge in [0.1, 0.15) is 35.6 Å². The van der Waals surface area contributed by atoms with Crippen LogP contribution in [0.3, 0.4) is 0 Å². The Bertz CT molecular complexity index is 1380. The molecule has 0 aliphatic heterocycles. The van der Waals surface area contributed by atoms with E-state index in [0.717, 1.165) is 92.5 Å². The molecule has 3 aromatic rings. The number of rotatable bonds is 22. The van der Waals surface area contributed by atoms with Crippen molar-refractivity contribution in [1.29, 1.82) is 0 Å². The summed E-state index contributed by atoms with van der Waals surface area (Å²) in [5, 5.41) is 0. The van der Waals surface area contributed by atoms with Gasteiger partial charge in [-0.15, -0.1) is 6.58 Å². The molecule has 284 valence electrons. The highest BCUT2D eigenvalue weighted by molar-refractivity contribution is 5.81. The van der Waals surface area contributed by atoms with E-state index in [-0.39, 0.29) is 5.97 Å². The highest BCUT2D eigenvalue weighted by Crippen LogP contribution is 2.22. The summed E-state index contributed by atoms with van der Waals surface area (Å²) in [6, 6.07) is 19.8. The molecule has 0 atom stereocenters. The summed E-state index contributed by atoms with van der Waals surface area (Å²) in [5.74, 6) is 2.95. The average molecular weight is 721 g/mol. The normalized spacial score (nSPS) is 9.38. The molecular weight excluding hydrogens is 664 g/mol. The number of aldehydes is 2. The Hall–Kier alpha value is -5.38. The van der Waals surface area contributed by atoms with Crippen molar-refractivity contribution in [1.82, 2.24) is 0 Å². The number of ether oxygens (including phenoxy) is 6. The van der Waals surface area contributed by atoms with Gasteiger partial charge in [-0.25, -0.2) is 4.79 Å². The Balaban J connectivity index is 0.000000746. The summed E-state index contributed by atoms with van der Waals surface area (Å²) in [7, 11) is 3.32. The third kappa shape index (κ3) is 24.7. The smallest absolute Gasteiger partial charge is 0.330 e. The third-order valence-corrected chi connectivity index (χ3v) is 6.85. The first-order valence-corrected chi connectivity index (χ1v) is 17.3. The van der Waals surface area contributed by atoms with E-state index >= 15 is 0 Å². The lowest BCUT2D eigenvalue weighted by atomic mass is 10.2. The van der Waals surface area contributed by atoms with Crippen molar-refractivity contribution in [3.8, 4) is 23.0 Å². The predicted octanol–water partition coefficient (Wildman–Crippen LogP) is 8.98. The Morgan fingerprint density at radius 3 is 1.44 bits per heavy atom. The van der Waals surface area contributed by atoms with Crippen molar-refractivity contribution in [2.24, 2.45) is 0 Å². The minimum atomic E-state index is -0.368. The fraction of sp³-hybridized carbons (Fsp3) is 0.381. The second kappa shape index (κ2) is 32.8. The van der Waals surface area contributed by atoms with Crippen LogP contribution in [0.4, 0.5) is 0 Å². The van der Waals surface area contributed by atoms with Crippen LogP contribution in [0.2, 0.25) is 0 Å². The number of methoxy groups -OCH3 is 2. The largest absolute Gasteiger partial charge is 0.497 e. The van der Waals surface area contributed by atoms with Crippen LogP contribution in [0.5, 0.6) is 23.0 Å². The standard InChI is InChI=1S/C16H20O4.C14H18O4.C9H12O2.C3H6/c1-2-16(18)20-12-6-4-3-5-11-19-15-9-7-14(13-17)8-10-15;15-11-13-5-7-14(8-6-13)18-10-4-2-1-3-9-17-12-16;1-7-6-8(10-2)4-5-9(7)11-3;1-3-2/h2,7-10,13H,1,3-6,11-12H2;5-8,11-12H,1-4,9-10H2;4-6H,1-3H3;3H,1H2,2H3. The van der Waals surface area contributed by atoms with Gasteiger partial charge in [-0.3, -0.25) is 14.4 Å². The summed E-state index contributed by atoms with van der Waals surface area (Å²) in [6.45, 7) is 13.3. The van der Waals surface area contributed by atoms with Gasteiger partial charge in [0.15, 0.2) is 0 Å². The van der Waals surface area contributed by atoms with Crippen LogP contribution in [0, 0.1) is 6.92 Å². The Kier molecular flexibility index (Phi) is 29.4. The highest BCUT2D eigenvalue weighted by atomic mass is 16.5. The summed E-state index contributed by atoms with van der Waals surface area (Å²) in [5.41, 5.74) is 2.38. The zero-order valence-electron chi connectivity index (χ0n) is 31.2. The molecule has 10 heteroatoms. The topological polar surface area (TPSA) is 124 Å². The van der Waals surface area contributed by atoms with E-state index in [4.69, 9.17) is 23.7 Å². The highest BCUT2D eigenvalue weighted by Gasteiger charge is 1.99. The van der Waals surface area contributed by atoms with Crippen LogP contribution in [-0.2, 0) is 19.1 Å². The van der Waals surface area contributed by atoms with Crippen molar-refractivity contribution in [2.45, 2.75) is 65.2 Å². The maximum Gasteiger partial charge on any atom is 0.330 e. The van der Waals surface area contributed by atoms with Crippen molar-refractivity contribution in [3.63, 3.8) is 0 Å². The molecular formula is C42H56O10. The van der Waals surface area contributed by atoms with Gasteiger partial charge in [-0.1, -0.05) is 12.7 Å². The van der Waals surface area contributed by atoms with Gasteiger partial charge in [-0.05, 0) is 138 Å². The van der Waals surface area contributed by atoms with Crippen molar-refractivity contribution in [2.75, 3.05) is 40.6 Å². The number of hydrogen-bond donors (Lipinski definition) is 0. The van der Waals surface area contributed by atoms with Gasteiger partial charge in [0.05, 0.1) is 40.6 Å². The monoisotopic (exact) mass is 720 g/mol. The molecule has 0 fully saturated rings. The maximum atomic E-state index is 10.8. The maximum absolute atomic E-state index is 10.8. The third-order valence-electron chi connectivity index (χ3n) is 6.85. The van der Waals surface area contributed by atoms with Crippen LogP contribution < -0.4 is 18.9 Å². The average Bonchev–Trinajstić information content (AvgIpc) is 3.18. The minimum absolute atomic E-state index is 0.368. The number of esters is 1. The SMILES string of the molecule is C=CC.C=CC(=O)OCCCCCCOc1ccc(C=O)cc1.COc1ccc(OC)c(C)c1.O=COCCCCCCOc1ccc(C=O)cc1. The first-order valence-electron chi connectivity index (χ1n) is 17.3. The fourth-order valence-corrected chi connectivity index (χ4v) is 4.12. The molecule has 0 aliphatic carbocycles. The van der Waals surface area contributed by atoms with Crippen molar-refractivity contribution >= 4 is 25.0 Å². The van der Waals surface area contributed by atoms with Crippen LogP contribution >= 0.6 is 0 Å². The molecule has 0 unspecified atom stereocenters. The van der Waals surface area contributed by atoms with Gasteiger partial charge < -0.3 is 28.4 Å². The summed E-state index contributed by atoms with van der Waals surface area (Å²) >= 11 is 0. The molecule has 3 aromatic carbocycles. The molecule has 0 aliphatic rings. The molecule has 0 saturated heterocycles. The second-order valence-electron chi connectivity index (χ2n) is 11.0. The van der Waals surface area contributed by atoms with E-state index < -0.39 is 0 Å². The van der Waals surface area contributed by atoms with Gasteiger partial charge >= 0.3 is 5.97 Å². The van der Waals surface area contributed by atoms with Gasteiger partial charge in [0.2, 0.25) is 0 Å². The molecule has 0 saturated carbocycles. The second-order valence-corrected chi connectivity index (χ2v) is 11.0. The molecule has 0 N–H and O–H groups in total. The van der Waals surface area contributed by atoms with Gasteiger partial charge in [-0.2, -0.15) is 0 Å². The fourth-order valence-electron chi connectivity index (χ4n) is 4.12. The van der Waals surface area contributed by atoms with Gasteiger partial charge in [0.25, 0.3) is 6.47 Å². The Morgan fingerprint density at radius 1 is 0.615 bits per heavy atom. The number of aryl methyl sites for hydroxylation is 1. The first-order chi connectivity index (χ1) is 25.3. The summed E-state index contributed by atoms with van der Waals surface area (Å²) < 4.78 is 30.7. The zero-order valence-corrected chi connectivity index (χ0v) is 31.2.